The highest BCUT2D eigenvalue weighted by atomic mass is 16.4. The van der Waals surface area contributed by atoms with E-state index in [1.807, 2.05) is 18.2 Å². The zero-order valence-electron chi connectivity index (χ0n) is 12.0. The maximum atomic E-state index is 12.6. The molecule has 112 valence electrons. The number of nitrogens with zero attached hydrogens (tertiary/aromatic N) is 1. The van der Waals surface area contributed by atoms with Crippen molar-refractivity contribution in [2.24, 2.45) is 5.92 Å². The molecule has 1 fully saturated rings. The van der Waals surface area contributed by atoms with Crippen LogP contribution in [0.15, 0.2) is 18.2 Å². The summed E-state index contributed by atoms with van der Waals surface area (Å²) in [4.78, 5) is 25.2. The van der Waals surface area contributed by atoms with E-state index >= 15 is 0 Å². The van der Waals surface area contributed by atoms with E-state index in [0.717, 1.165) is 32.5 Å². The smallest absolute Gasteiger partial charge is 0.303 e. The number of hydrogen-bond acceptors (Lipinski definition) is 3. The molecule has 0 aromatic heterocycles. The molecule has 1 aromatic rings. The lowest BCUT2D eigenvalue weighted by Crippen LogP contribution is -2.40. The summed E-state index contributed by atoms with van der Waals surface area (Å²) >= 11 is 0. The first-order chi connectivity index (χ1) is 10.1. The molecule has 0 aliphatic carbocycles. The molecular formula is C16H20N2O3. The number of carboxylic acid groups (broad SMARTS) is 1. The van der Waals surface area contributed by atoms with Crippen LogP contribution in [0.2, 0.25) is 0 Å². The van der Waals surface area contributed by atoms with Crippen LogP contribution in [0.5, 0.6) is 0 Å². The summed E-state index contributed by atoms with van der Waals surface area (Å²) in [7, 11) is 0. The molecule has 0 radical (unpaired) electrons. The Hall–Kier alpha value is -1.88. The van der Waals surface area contributed by atoms with Crippen LogP contribution in [-0.4, -0.2) is 35.0 Å². The first-order valence-corrected chi connectivity index (χ1v) is 7.47. The highest BCUT2D eigenvalue weighted by molar-refractivity contribution is 5.94. The van der Waals surface area contributed by atoms with Crippen LogP contribution in [0, 0.1) is 5.92 Å². The minimum absolute atomic E-state index is 0.0276. The number of amides is 1. The number of rotatable bonds is 3. The van der Waals surface area contributed by atoms with E-state index < -0.39 is 5.97 Å². The Morgan fingerprint density at radius 2 is 2.10 bits per heavy atom. The average Bonchev–Trinajstić information content (AvgIpc) is 2.93. The highest BCUT2D eigenvalue weighted by Crippen LogP contribution is 2.23. The molecule has 3 rings (SSSR count). The van der Waals surface area contributed by atoms with Gasteiger partial charge in [-0.1, -0.05) is 6.07 Å². The summed E-state index contributed by atoms with van der Waals surface area (Å²) in [6, 6.07) is 5.87. The van der Waals surface area contributed by atoms with Gasteiger partial charge in [-0.25, -0.2) is 0 Å². The van der Waals surface area contributed by atoms with E-state index in [1.54, 1.807) is 4.90 Å². The molecule has 5 nitrogen and oxygen atoms in total. The standard InChI is InChI=1S/C16H20N2O3/c19-15(20)6-11-2-1-5-18(10-11)16(21)12-3-4-13-8-17-9-14(13)7-12/h3-4,7,11,17H,1-2,5-6,8-10H2,(H,19,20). The summed E-state index contributed by atoms with van der Waals surface area (Å²) in [5.41, 5.74) is 3.17. The number of benzene rings is 1. The molecular weight excluding hydrogens is 268 g/mol. The predicted octanol–water partition coefficient (Wildman–Crippen LogP) is 1.62. The van der Waals surface area contributed by atoms with E-state index in [4.69, 9.17) is 5.11 Å². The van der Waals surface area contributed by atoms with Gasteiger partial charge in [-0.05, 0) is 42.0 Å². The van der Waals surface area contributed by atoms with Crippen LogP contribution in [0.4, 0.5) is 0 Å². The number of aliphatic carboxylic acids is 1. The fourth-order valence-corrected chi connectivity index (χ4v) is 3.27. The number of likely N-dealkylation sites (tertiary alicyclic amines) is 1. The maximum Gasteiger partial charge on any atom is 0.303 e. The average molecular weight is 288 g/mol. The number of fused-ring (bicyclic) bond motifs is 1. The molecule has 2 heterocycles. The van der Waals surface area contributed by atoms with Gasteiger partial charge in [0.1, 0.15) is 0 Å². The summed E-state index contributed by atoms with van der Waals surface area (Å²) in [5, 5.41) is 12.2. The molecule has 2 N–H and O–H groups in total. The normalized spacial score (nSPS) is 21.1. The molecule has 0 spiro atoms. The van der Waals surface area contributed by atoms with Gasteiger partial charge in [-0.3, -0.25) is 9.59 Å². The second-order valence-electron chi connectivity index (χ2n) is 5.94. The number of carboxylic acids is 1. The van der Waals surface area contributed by atoms with Crippen molar-refractivity contribution in [3.05, 3.63) is 34.9 Å². The van der Waals surface area contributed by atoms with Crippen LogP contribution in [0.25, 0.3) is 0 Å². The van der Waals surface area contributed by atoms with Crippen molar-refractivity contribution < 1.29 is 14.7 Å². The van der Waals surface area contributed by atoms with Crippen molar-refractivity contribution in [2.75, 3.05) is 13.1 Å². The lowest BCUT2D eigenvalue weighted by atomic mass is 9.94. The highest BCUT2D eigenvalue weighted by Gasteiger charge is 2.26. The Morgan fingerprint density at radius 3 is 2.90 bits per heavy atom. The zero-order chi connectivity index (χ0) is 14.8. The van der Waals surface area contributed by atoms with E-state index in [1.165, 1.54) is 11.1 Å². The van der Waals surface area contributed by atoms with Crippen molar-refractivity contribution in [1.29, 1.82) is 0 Å². The summed E-state index contributed by atoms with van der Waals surface area (Å²) in [5.74, 6) is -0.672. The Balaban J connectivity index is 1.71. The molecule has 0 saturated carbocycles. The molecule has 2 aliphatic heterocycles. The van der Waals surface area contributed by atoms with Gasteiger partial charge in [-0.2, -0.15) is 0 Å². The monoisotopic (exact) mass is 288 g/mol. The van der Waals surface area contributed by atoms with Crippen molar-refractivity contribution in [2.45, 2.75) is 32.4 Å². The van der Waals surface area contributed by atoms with Crippen LogP contribution >= 0.6 is 0 Å². The summed E-state index contributed by atoms with van der Waals surface area (Å²) in [6.07, 6.45) is 1.93. The Kier molecular flexibility index (Phi) is 3.92. The molecule has 1 atom stereocenters. The SMILES string of the molecule is O=C(O)CC1CCCN(C(=O)c2ccc3c(c2)CNC3)C1. The third-order valence-corrected chi connectivity index (χ3v) is 4.35. The molecule has 2 aliphatic rings. The van der Waals surface area contributed by atoms with E-state index in [-0.39, 0.29) is 18.2 Å². The van der Waals surface area contributed by atoms with Crippen LogP contribution in [0.3, 0.4) is 0 Å². The Morgan fingerprint density at radius 1 is 1.29 bits per heavy atom. The fourth-order valence-electron chi connectivity index (χ4n) is 3.27. The number of hydrogen-bond donors (Lipinski definition) is 2. The van der Waals surface area contributed by atoms with E-state index in [9.17, 15) is 9.59 Å². The molecule has 1 amide bonds. The molecule has 1 saturated heterocycles. The Labute approximate surface area is 123 Å². The number of piperidine rings is 1. The van der Waals surface area contributed by atoms with Crippen molar-refractivity contribution >= 4 is 11.9 Å². The first-order valence-electron chi connectivity index (χ1n) is 7.47. The largest absolute Gasteiger partial charge is 0.481 e. The molecule has 0 bridgehead atoms. The van der Waals surface area contributed by atoms with Crippen LogP contribution < -0.4 is 5.32 Å². The third-order valence-electron chi connectivity index (χ3n) is 4.35. The van der Waals surface area contributed by atoms with Gasteiger partial charge in [0, 0.05) is 38.2 Å². The number of nitrogens with one attached hydrogen (secondary N) is 1. The second kappa shape index (κ2) is 5.85. The molecule has 1 unspecified atom stereocenters. The first kappa shape index (κ1) is 14.1. The zero-order valence-corrected chi connectivity index (χ0v) is 12.0. The van der Waals surface area contributed by atoms with Gasteiger partial charge in [0.25, 0.3) is 5.91 Å². The van der Waals surface area contributed by atoms with Gasteiger partial charge in [-0.15, -0.1) is 0 Å². The van der Waals surface area contributed by atoms with Crippen molar-refractivity contribution in [3.8, 4) is 0 Å². The predicted molar refractivity (Wildman–Crippen MR) is 77.9 cm³/mol. The summed E-state index contributed by atoms with van der Waals surface area (Å²) in [6.45, 7) is 2.97. The minimum atomic E-state index is -0.780. The van der Waals surface area contributed by atoms with Gasteiger partial charge in [0.2, 0.25) is 0 Å². The van der Waals surface area contributed by atoms with Gasteiger partial charge in [0.15, 0.2) is 0 Å². The number of carbonyl (C=O) groups is 2. The van der Waals surface area contributed by atoms with Gasteiger partial charge in [0.05, 0.1) is 0 Å². The van der Waals surface area contributed by atoms with Crippen LogP contribution in [0.1, 0.15) is 40.7 Å². The molecule has 5 heteroatoms. The lowest BCUT2D eigenvalue weighted by Gasteiger charge is -2.32. The van der Waals surface area contributed by atoms with Crippen LogP contribution in [-0.2, 0) is 17.9 Å². The molecule has 21 heavy (non-hydrogen) atoms. The van der Waals surface area contributed by atoms with Gasteiger partial charge < -0.3 is 15.3 Å². The van der Waals surface area contributed by atoms with E-state index in [2.05, 4.69) is 5.32 Å². The van der Waals surface area contributed by atoms with Crippen molar-refractivity contribution in [1.82, 2.24) is 10.2 Å². The van der Waals surface area contributed by atoms with Crippen molar-refractivity contribution in [3.63, 3.8) is 0 Å². The summed E-state index contributed by atoms with van der Waals surface area (Å²) < 4.78 is 0. The molecule has 1 aromatic carbocycles. The van der Waals surface area contributed by atoms with Gasteiger partial charge >= 0.3 is 5.97 Å². The maximum absolute atomic E-state index is 12.6. The second-order valence-corrected chi connectivity index (χ2v) is 5.94. The fraction of sp³-hybridized carbons (Fsp3) is 0.500. The minimum Gasteiger partial charge on any atom is -0.481 e. The van der Waals surface area contributed by atoms with E-state index in [0.29, 0.717) is 12.1 Å². The third kappa shape index (κ3) is 3.08. The Bertz CT molecular complexity index is 571. The quantitative estimate of drug-likeness (QED) is 0.886. The topological polar surface area (TPSA) is 69.6 Å². The number of carbonyl (C=O) groups excluding carboxylic acids is 1. The lowest BCUT2D eigenvalue weighted by molar-refractivity contribution is -0.138.